The van der Waals surface area contributed by atoms with Crippen molar-refractivity contribution in [1.82, 2.24) is 31.1 Å². The Kier molecular flexibility index (Phi) is 14.3. The van der Waals surface area contributed by atoms with Crippen LogP contribution in [0.2, 0.25) is 0 Å². The van der Waals surface area contributed by atoms with Gasteiger partial charge in [-0.15, -0.1) is 0 Å². The number of rotatable bonds is 8. The molecule has 0 bridgehead atoms. The fourth-order valence-electron chi connectivity index (χ4n) is 7.85. The molecule has 3 aliphatic rings. The maximum absolute atomic E-state index is 14.5. The third kappa shape index (κ3) is 11.1. The summed E-state index contributed by atoms with van der Waals surface area (Å²) < 4.78 is 11.8. The van der Waals surface area contributed by atoms with Gasteiger partial charge in [-0.3, -0.25) is 28.8 Å². The van der Waals surface area contributed by atoms with Crippen LogP contribution in [0.15, 0.2) is 30.3 Å². The van der Waals surface area contributed by atoms with Gasteiger partial charge in [0.25, 0.3) is 5.91 Å². The number of ketones is 1. The van der Waals surface area contributed by atoms with Crippen molar-refractivity contribution in [2.75, 3.05) is 33.8 Å². The molecule has 0 spiro atoms. The van der Waals surface area contributed by atoms with Crippen LogP contribution in [0.4, 0.5) is 4.79 Å². The fourth-order valence-corrected chi connectivity index (χ4v) is 7.85. The number of amides is 6. The van der Waals surface area contributed by atoms with Crippen molar-refractivity contribution < 1.29 is 43.0 Å². The lowest BCUT2D eigenvalue weighted by molar-refractivity contribution is -0.149. The molecule has 0 radical (unpaired) electrons. The predicted molar refractivity (Wildman–Crippen MR) is 208 cm³/mol. The normalized spacial score (nSPS) is 25.9. The quantitative estimate of drug-likeness (QED) is 0.287. The molecule has 0 aromatic heterocycles. The Bertz CT molecular complexity index is 1620. The van der Waals surface area contributed by atoms with Crippen molar-refractivity contribution in [3.05, 3.63) is 35.9 Å². The van der Waals surface area contributed by atoms with Crippen molar-refractivity contribution in [3.8, 4) is 0 Å². The fraction of sp³-hybridized carbons (Fsp3) is 0.683. The van der Waals surface area contributed by atoms with Gasteiger partial charge in [0.15, 0.2) is 0 Å². The summed E-state index contributed by atoms with van der Waals surface area (Å²) in [6.45, 7) is 12.7. The minimum atomic E-state index is -1.22. The molecular weight excluding hydrogens is 720 g/mol. The lowest BCUT2D eigenvalue weighted by atomic mass is 9.94. The molecule has 15 nitrogen and oxygen atoms in total. The molecule has 1 aromatic rings. The molecule has 310 valence electrons. The van der Waals surface area contributed by atoms with Gasteiger partial charge in [0, 0.05) is 27.2 Å². The van der Waals surface area contributed by atoms with Gasteiger partial charge in [-0.2, -0.15) is 0 Å². The van der Waals surface area contributed by atoms with Crippen molar-refractivity contribution in [2.45, 2.75) is 129 Å². The van der Waals surface area contributed by atoms with Crippen LogP contribution in [-0.2, 0) is 38.2 Å². The minimum Gasteiger partial charge on any atom is -0.444 e. The van der Waals surface area contributed by atoms with E-state index in [0.29, 0.717) is 18.6 Å². The molecule has 2 saturated heterocycles. The molecule has 4 N–H and O–H groups in total. The lowest BCUT2D eigenvalue weighted by Crippen LogP contribution is -2.63. The second kappa shape index (κ2) is 18.2. The van der Waals surface area contributed by atoms with Crippen molar-refractivity contribution in [1.29, 1.82) is 0 Å². The third-order valence-corrected chi connectivity index (χ3v) is 11.1. The highest BCUT2D eigenvalue weighted by atomic mass is 16.6. The van der Waals surface area contributed by atoms with Crippen LogP contribution >= 0.6 is 0 Å². The zero-order chi connectivity index (χ0) is 41.6. The molecule has 2 aliphatic heterocycles. The molecule has 2 heterocycles. The standard InChI is InChI=1S/C41H62N6O9/c1-39(2,3)56-38(54)45-33-37(53)47-24-26-29(40(26,4)5)31(47)34(50)43-27(21-17-12-10-11-13-18-22-55-41(33,6)7)32(49)35(51)42-23-28(48)44-30(36(52)46(8)9)25-19-15-14-16-20-25/h14-16,19-20,26-27,29-31,33H,10-13,17-18,21-24H2,1-9H3,(H,42,51)(H,43,50)(H,44,48)(H,45,54)/t26-,27-,29-,30-,31-,33+/m0/s1. The smallest absolute Gasteiger partial charge is 0.408 e. The lowest BCUT2D eigenvalue weighted by Gasteiger charge is -2.39. The van der Waals surface area contributed by atoms with E-state index in [1.165, 1.54) is 9.80 Å². The van der Waals surface area contributed by atoms with Gasteiger partial charge < -0.3 is 40.5 Å². The van der Waals surface area contributed by atoms with E-state index in [4.69, 9.17) is 9.47 Å². The van der Waals surface area contributed by atoms with Crippen LogP contribution in [0.1, 0.15) is 105 Å². The van der Waals surface area contributed by atoms with Gasteiger partial charge in [0.05, 0.1) is 18.2 Å². The molecule has 1 saturated carbocycles. The highest BCUT2D eigenvalue weighted by Gasteiger charge is 2.70. The van der Waals surface area contributed by atoms with E-state index in [1.54, 1.807) is 79.0 Å². The number of hydrogen-bond acceptors (Lipinski definition) is 9. The first-order valence-corrected chi connectivity index (χ1v) is 19.8. The highest BCUT2D eigenvalue weighted by molar-refractivity contribution is 6.38. The summed E-state index contributed by atoms with van der Waals surface area (Å²) in [5.74, 6) is -4.36. The van der Waals surface area contributed by atoms with Crippen LogP contribution < -0.4 is 21.3 Å². The summed E-state index contributed by atoms with van der Waals surface area (Å²) in [7, 11) is 3.13. The average Bonchev–Trinajstić information content (AvgIpc) is 3.42. The van der Waals surface area contributed by atoms with E-state index in [-0.39, 0.29) is 36.1 Å². The summed E-state index contributed by atoms with van der Waals surface area (Å²) in [5.41, 5.74) is -1.72. The Morgan fingerprint density at radius 3 is 2.21 bits per heavy atom. The van der Waals surface area contributed by atoms with E-state index in [2.05, 4.69) is 21.3 Å². The molecular formula is C41H62N6O9. The molecule has 3 fully saturated rings. The highest BCUT2D eigenvalue weighted by Crippen LogP contribution is 2.65. The second-order valence-electron chi connectivity index (χ2n) is 17.6. The molecule has 15 heteroatoms. The number of carbonyl (C=O) groups is 7. The molecule has 1 aliphatic carbocycles. The van der Waals surface area contributed by atoms with Crippen molar-refractivity contribution in [3.63, 3.8) is 0 Å². The zero-order valence-electron chi connectivity index (χ0n) is 34.5. The summed E-state index contributed by atoms with van der Waals surface area (Å²) in [5, 5.41) is 10.6. The topological polar surface area (TPSA) is 193 Å². The summed E-state index contributed by atoms with van der Waals surface area (Å²) in [4.78, 5) is 97.8. The minimum absolute atomic E-state index is 0.00550. The Morgan fingerprint density at radius 1 is 0.964 bits per heavy atom. The van der Waals surface area contributed by atoms with Crippen molar-refractivity contribution >= 4 is 41.4 Å². The van der Waals surface area contributed by atoms with Crippen LogP contribution in [0, 0.1) is 17.3 Å². The second-order valence-corrected chi connectivity index (χ2v) is 17.6. The monoisotopic (exact) mass is 782 g/mol. The first kappa shape index (κ1) is 44.2. The van der Waals surface area contributed by atoms with E-state index in [0.717, 1.165) is 32.1 Å². The number of carbonyl (C=O) groups excluding carboxylic acids is 7. The molecule has 0 unspecified atom stereocenters. The molecule has 56 heavy (non-hydrogen) atoms. The van der Waals surface area contributed by atoms with Crippen molar-refractivity contribution in [2.24, 2.45) is 17.3 Å². The number of fused-ring (bicyclic) bond motifs is 3. The van der Waals surface area contributed by atoms with Crippen LogP contribution in [0.5, 0.6) is 0 Å². The third-order valence-electron chi connectivity index (χ3n) is 11.1. The number of hydrogen-bond donors (Lipinski definition) is 4. The largest absolute Gasteiger partial charge is 0.444 e. The Labute approximate surface area is 330 Å². The van der Waals surface area contributed by atoms with Crippen LogP contribution in [-0.4, -0.2) is 114 Å². The van der Waals surface area contributed by atoms with Gasteiger partial charge in [-0.05, 0) is 70.3 Å². The summed E-state index contributed by atoms with van der Waals surface area (Å²) in [6.07, 6.45) is 4.01. The number of alkyl carbamates (subject to hydrolysis) is 1. The zero-order valence-corrected chi connectivity index (χ0v) is 34.5. The number of nitrogens with one attached hydrogen (secondary N) is 4. The van der Waals surface area contributed by atoms with E-state index in [9.17, 15) is 33.6 Å². The van der Waals surface area contributed by atoms with Gasteiger partial charge in [-0.1, -0.05) is 76.3 Å². The van der Waals surface area contributed by atoms with Crippen LogP contribution in [0.25, 0.3) is 0 Å². The molecule has 6 amide bonds. The first-order valence-electron chi connectivity index (χ1n) is 19.8. The van der Waals surface area contributed by atoms with Crippen LogP contribution in [0.3, 0.4) is 0 Å². The number of piperidine rings is 1. The van der Waals surface area contributed by atoms with Gasteiger partial charge in [0.1, 0.15) is 23.7 Å². The Morgan fingerprint density at radius 2 is 1.59 bits per heavy atom. The number of benzene rings is 1. The van der Waals surface area contributed by atoms with E-state index in [1.807, 2.05) is 13.8 Å². The maximum Gasteiger partial charge on any atom is 0.408 e. The van der Waals surface area contributed by atoms with Gasteiger partial charge in [-0.25, -0.2) is 4.79 Å². The summed E-state index contributed by atoms with van der Waals surface area (Å²) in [6, 6.07) is 4.25. The maximum atomic E-state index is 14.5. The summed E-state index contributed by atoms with van der Waals surface area (Å²) >= 11 is 0. The van der Waals surface area contributed by atoms with E-state index < -0.39 is 77.4 Å². The predicted octanol–water partition coefficient (Wildman–Crippen LogP) is 3.02. The number of ether oxygens (including phenoxy) is 2. The number of Topliss-reactive ketones (excluding diaryl/α,β-unsaturated/α-hetero) is 1. The number of nitrogens with zero attached hydrogens (tertiary/aromatic N) is 2. The van der Waals surface area contributed by atoms with Gasteiger partial charge in [0.2, 0.25) is 29.4 Å². The molecule has 4 rings (SSSR count). The van der Waals surface area contributed by atoms with Gasteiger partial charge >= 0.3 is 6.09 Å². The Balaban J connectivity index is 1.54. The molecule has 1 aromatic carbocycles. The first-order chi connectivity index (χ1) is 26.2. The van der Waals surface area contributed by atoms with E-state index >= 15 is 0 Å². The molecule has 6 atom stereocenters. The Hall–Kier alpha value is -4.53. The average molecular weight is 783 g/mol. The SMILES string of the molecule is CN(C)C(=O)[C@@H](NC(=O)CNC(=O)C(=O)[C@@H]1CCCCCCCCOC(C)(C)[C@H](NC(=O)OC(C)(C)C)C(=O)N2C[C@H]3[C@@H]([C@H]2C(=O)N1)C3(C)C)c1ccccc1. The number of likely N-dealkylation sites (N-methyl/N-ethyl adjacent to an activating group) is 1.